The Kier molecular flexibility index (Phi) is 3.69. The van der Waals surface area contributed by atoms with Crippen molar-refractivity contribution in [3.05, 3.63) is 16.0 Å². The smallest absolute Gasteiger partial charge is 0.254 e. The first-order valence-electron chi connectivity index (χ1n) is 6.01. The van der Waals surface area contributed by atoms with Crippen LogP contribution in [0.3, 0.4) is 0 Å². The van der Waals surface area contributed by atoms with Gasteiger partial charge in [-0.2, -0.15) is 0 Å². The lowest BCUT2D eigenvalue weighted by Gasteiger charge is -2.26. The van der Waals surface area contributed by atoms with Crippen molar-refractivity contribution in [1.29, 1.82) is 0 Å². The highest BCUT2D eigenvalue weighted by atomic mass is 32.1. The molecule has 0 bridgehead atoms. The third-order valence-corrected chi connectivity index (χ3v) is 4.20. The normalized spacial score (nSPS) is 15.6. The Bertz CT molecular complexity index is 428. The van der Waals surface area contributed by atoms with E-state index in [-0.39, 0.29) is 5.91 Å². The zero-order valence-corrected chi connectivity index (χ0v) is 11.2. The zero-order valence-electron chi connectivity index (χ0n) is 10.4. The van der Waals surface area contributed by atoms with Gasteiger partial charge in [0.05, 0.1) is 10.6 Å². The first-order chi connectivity index (χ1) is 8.17. The van der Waals surface area contributed by atoms with Crippen LogP contribution in [-0.4, -0.2) is 30.9 Å². The number of fused-ring (bicyclic) bond motifs is 1. The average molecular weight is 253 g/mol. The van der Waals surface area contributed by atoms with Crippen LogP contribution in [-0.2, 0) is 13.0 Å². The molecule has 1 aromatic rings. The van der Waals surface area contributed by atoms with E-state index in [1.165, 1.54) is 16.9 Å². The summed E-state index contributed by atoms with van der Waals surface area (Å²) in [7, 11) is 1.65. The molecule has 0 spiro atoms. The van der Waals surface area contributed by atoms with Crippen molar-refractivity contribution >= 4 is 22.2 Å². The molecule has 1 amide bonds. The third kappa shape index (κ3) is 2.30. The zero-order chi connectivity index (χ0) is 12.4. The molecule has 1 aromatic heterocycles. The molecule has 1 aliphatic heterocycles. The van der Waals surface area contributed by atoms with Gasteiger partial charge in [0.2, 0.25) is 0 Å². The topological polar surface area (TPSA) is 58.4 Å². The predicted octanol–water partition coefficient (Wildman–Crippen LogP) is 1.46. The third-order valence-electron chi connectivity index (χ3n) is 3.16. The van der Waals surface area contributed by atoms with Gasteiger partial charge in [-0.05, 0) is 24.9 Å². The Balaban J connectivity index is 2.27. The number of hydrogen-bond acceptors (Lipinski definition) is 4. The summed E-state index contributed by atoms with van der Waals surface area (Å²) in [4.78, 5) is 15.5. The van der Waals surface area contributed by atoms with Crippen molar-refractivity contribution in [3.63, 3.8) is 0 Å². The number of nitrogens with one attached hydrogen (secondary N) is 1. The molecule has 3 N–H and O–H groups in total. The van der Waals surface area contributed by atoms with Gasteiger partial charge in [-0.1, -0.05) is 6.92 Å². The van der Waals surface area contributed by atoms with Crippen LogP contribution in [0.2, 0.25) is 0 Å². The van der Waals surface area contributed by atoms with Gasteiger partial charge < -0.3 is 11.1 Å². The number of amides is 1. The highest BCUT2D eigenvalue weighted by Gasteiger charge is 2.25. The molecule has 4 nitrogen and oxygen atoms in total. The molecule has 0 fully saturated rings. The molecule has 17 heavy (non-hydrogen) atoms. The van der Waals surface area contributed by atoms with Gasteiger partial charge >= 0.3 is 0 Å². The predicted molar refractivity (Wildman–Crippen MR) is 71.4 cm³/mol. The van der Waals surface area contributed by atoms with E-state index in [1.807, 2.05) is 0 Å². The maximum atomic E-state index is 11.8. The summed E-state index contributed by atoms with van der Waals surface area (Å²) < 4.78 is 0. The second-order valence-corrected chi connectivity index (χ2v) is 5.49. The van der Waals surface area contributed by atoms with Gasteiger partial charge in [-0.3, -0.25) is 9.69 Å². The molecule has 5 heteroatoms. The highest BCUT2D eigenvalue weighted by Crippen LogP contribution is 2.34. The first kappa shape index (κ1) is 12.4. The van der Waals surface area contributed by atoms with Gasteiger partial charge in [0, 0.05) is 25.0 Å². The number of carbonyl (C=O) groups is 1. The number of anilines is 1. The van der Waals surface area contributed by atoms with Crippen molar-refractivity contribution in [2.45, 2.75) is 26.3 Å². The van der Waals surface area contributed by atoms with Crippen LogP contribution in [0.15, 0.2) is 0 Å². The number of nitrogens with zero attached hydrogens (tertiary/aromatic N) is 1. The van der Waals surface area contributed by atoms with Crippen molar-refractivity contribution in [2.24, 2.45) is 0 Å². The first-order valence-corrected chi connectivity index (χ1v) is 6.83. The standard InChI is InChI=1S/C12H19N3OS/c1-3-5-15-6-4-8-9(7-15)17-11(13)10(8)12(16)14-2/h3-7,13H2,1-2H3,(H,14,16). The molecule has 2 heterocycles. The molecule has 0 saturated carbocycles. The lowest BCUT2D eigenvalue weighted by atomic mass is 10.0. The van der Waals surface area contributed by atoms with E-state index < -0.39 is 0 Å². The number of thiophene rings is 1. The maximum absolute atomic E-state index is 11.8. The quantitative estimate of drug-likeness (QED) is 0.857. The van der Waals surface area contributed by atoms with Crippen LogP contribution < -0.4 is 11.1 Å². The Morgan fingerprint density at radius 3 is 3.00 bits per heavy atom. The Hall–Kier alpha value is -1.07. The van der Waals surface area contributed by atoms with Crippen molar-refractivity contribution in [3.8, 4) is 0 Å². The molecule has 0 aromatic carbocycles. The summed E-state index contributed by atoms with van der Waals surface area (Å²) in [6.45, 7) is 5.27. The second kappa shape index (κ2) is 5.06. The molecular formula is C12H19N3OS. The van der Waals surface area contributed by atoms with E-state index >= 15 is 0 Å². The van der Waals surface area contributed by atoms with Crippen molar-refractivity contribution < 1.29 is 4.79 Å². The molecule has 0 radical (unpaired) electrons. The second-order valence-electron chi connectivity index (χ2n) is 4.35. The van der Waals surface area contributed by atoms with Crippen LogP contribution in [0.1, 0.15) is 34.1 Å². The minimum atomic E-state index is -0.0519. The Morgan fingerprint density at radius 2 is 2.35 bits per heavy atom. The van der Waals surface area contributed by atoms with Crippen LogP contribution in [0.25, 0.3) is 0 Å². The fraction of sp³-hybridized carbons (Fsp3) is 0.583. The van der Waals surface area contributed by atoms with E-state index in [1.54, 1.807) is 18.4 Å². The lowest BCUT2D eigenvalue weighted by Crippen LogP contribution is -2.31. The minimum absolute atomic E-state index is 0.0519. The van der Waals surface area contributed by atoms with Gasteiger partial charge in [-0.15, -0.1) is 11.3 Å². The molecule has 0 unspecified atom stereocenters. The summed E-state index contributed by atoms with van der Waals surface area (Å²) in [6.07, 6.45) is 2.10. The fourth-order valence-electron chi connectivity index (χ4n) is 2.36. The average Bonchev–Trinajstić information content (AvgIpc) is 2.64. The number of nitrogen functional groups attached to an aromatic ring is 1. The summed E-state index contributed by atoms with van der Waals surface area (Å²) in [5, 5.41) is 3.33. The Morgan fingerprint density at radius 1 is 1.59 bits per heavy atom. The van der Waals surface area contributed by atoms with E-state index in [9.17, 15) is 4.79 Å². The fourth-order valence-corrected chi connectivity index (χ4v) is 3.52. The summed E-state index contributed by atoms with van der Waals surface area (Å²) in [5.41, 5.74) is 7.83. The van der Waals surface area contributed by atoms with Gasteiger partial charge in [-0.25, -0.2) is 0 Å². The molecule has 94 valence electrons. The van der Waals surface area contributed by atoms with Crippen LogP contribution in [0, 0.1) is 0 Å². The number of hydrogen-bond donors (Lipinski definition) is 2. The molecular weight excluding hydrogens is 234 g/mol. The molecule has 2 rings (SSSR count). The lowest BCUT2D eigenvalue weighted by molar-refractivity contribution is 0.0962. The number of nitrogens with two attached hydrogens (primary N) is 1. The van der Waals surface area contributed by atoms with Gasteiger partial charge in [0.25, 0.3) is 5.91 Å². The molecule has 0 aliphatic carbocycles. The van der Waals surface area contributed by atoms with E-state index in [0.717, 1.165) is 26.1 Å². The molecule has 0 atom stereocenters. The summed E-state index contributed by atoms with van der Waals surface area (Å²) in [6, 6.07) is 0. The SMILES string of the molecule is CCCN1CCc2c(sc(N)c2C(=O)NC)C1. The van der Waals surface area contributed by atoms with Crippen molar-refractivity contribution in [1.82, 2.24) is 10.2 Å². The summed E-state index contributed by atoms with van der Waals surface area (Å²) >= 11 is 1.57. The van der Waals surface area contributed by atoms with Crippen LogP contribution >= 0.6 is 11.3 Å². The summed E-state index contributed by atoms with van der Waals surface area (Å²) in [5.74, 6) is -0.0519. The maximum Gasteiger partial charge on any atom is 0.254 e. The van der Waals surface area contributed by atoms with E-state index in [4.69, 9.17) is 5.73 Å². The monoisotopic (exact) mass is 253 g/mol. The van der Waals surface area contributed by atoms with Gasteiger partial charge in [0.15, 0.2) is 0 Å². The largest absolute Gasteiger partial charge is 0.390 e. The molecule has 1 aliphatic rings. The highest BCUT2D eigenvalue weighted by molar-refractivity contribution is 7.16. The minimum Gasteiger partial charge on any atom is -0.390 e. The van der Waals surface area contributed by atoms with Crippen LogP contribution in [0.4, 0.5) is 5.00 Å². The Labute approximate surface area is 106 Å². The van der Waals surface area contributed by atoms with Crippen LogP contribution in [0.5, 0.6) is 0 Å². The van der Waals surface area contributed by atoms with Gasteiger partial charge in [0.1, 0.15) is 0 Å². The van der Waals surface area contributed by atoms with E-state index in [2.05, 4.69) is 17.1 Å². The number of carbonyl (C=O) groups excluding carboxylic acids is 1. The molecule has 0 saturated heterocycles. The van der Waals surface area contributed by atoms with E-state index in [0.29, 0.717) is 10.6 Å². The number of rotatable bonds is 3. The van der Waals surface area contributed by atoms with Crippen molar-refractivity contribution in [2.75, 3.05) is 25.9 Å².